The Labute approximate surface area is 205 Å². The van der Waals surface area contributed by atoms with Gasteiger partial charge in [0.25, 0.3) is 5.91 Å². The number of nitrogens with zero attached hydrogens (tertiary/aromatic N) is 1. The number of Topliss-reactive ketones (excluding diaryl/α,β-unsaturated/α-hetero) is 1. The molecule has 0 aliphatic heterocycles. The first-order valence-corrected chi connectivity index (χ1v) is 11.9. The van der Waals surface area contributed by atoms with Gasteiger partial charge in [-0.2, -0.15) is 0 Å². The molecule has 2 amide bonds. The van der Waals surface area contributed by atoms with Gasteiger partial charge in [0.1, 0.15) is 11.8 Å². The van der Waals surface area contributed by atoms with E-state index >= 15 is 0 Å². The van der Waals surface area contributed by atoms with E-state index < -0.39 is 11.9 Å². The van der Waals surface area contributed by atoms with E-state index in [9.17, 15) is 14.4 Å². The first-order chi connectivity index (χ1) is 17.0. The summed E-state index contributed by atoms with van der Waals surface area (Å²) in [5.74, 6) is -0.132. The molecule has 2 aromatic carbocycles. The topological polar surface area (TPSA) is 88.8 Å². The van der Waals surface area contributed by atoms with Gasteiger partial charge in [0.05, 0.1) is 13.4 Å². The quantitative estimate of drug-likeness (QED) is 0.446. The van der Waals surface area contributed by atoms with Crippen molar-refractivity contribution in [3.8, 4) is 5.75 Å². The maximum atomic E-state index is 13.8. The van der Waals surface area contributed by atoms with E-state index in [2.05, 4.69) is 5.32 Å². The zero-order chi connectivity index (χ0) is 24.8. The molecule has 1 fully saturated rings. The number of carbonyl (C=O) groups excluding carboxylic acids is 3. The smallest absolute Gasteiger partial charge is 0.294 e. The molecule has 1 N–H and O–H groups in total. The first kappa shape index (κ1) is 24.3. The third-order valence-electron chi connectivity index (χ3n) is 6.37. The van der Waals surface area contributed by atoms with Gasteiger partial charge >= 0.3 is 0 Å². The number of benzene rings is 2. The molecule has 0 spiro atoms. The van der Waals surface area contributed by atoms with Crippen LogP contribution in [0.15, 0.2) is 71.3 Å². The van der Waals surface area contributed by atoms with Crippen LogP contribution in [0.1, 0.15) is 71.5 Å². The molecule has 1 aliphatic rings. The zero-order valence-corrected chi connectivity index (χ0v) is 20.0. The second kappa shape index (κ2) is 11.0. The van der Waals surface area contributed by atoms with E-state index in [0.29, 0.717) is 22.6 Å². The number of amides is 2. The van der Waals surface area contributed by atoms with Crippen molar-refractivity contribution >= 4 is 23.3 Å². The van der Waals surface area contributed by atoms with Gasteiger partial charge in [-0.15, -0.1) is 0 Å². The Morgan fingerprint density at radius 1 is 1.00 bits per heavy atom. The SMILES string of the molecule is COc1cccc([C@@H](C(=O)NC2CCCCC2)N(C(=O)c2ccco2)c2ccc(C(C)=O)cc2)c1. The average Bonchev–Trinajstić information content (AvgIpc) is 3.42. The van der Waals surface area contributed by atoms with Crippen LogP contribution in [0.3, 0.4) is 0 Å². The number of methoxy groups -OCH3 is 1. The van der Waals surface area contributed by atoms with Gasteiger partial charge in [0, 0.05) is 17.3 Å². The number of carbonyl (C=O) groups is 3. The number of anilines is 1. The molecule has 1 atom stereocenters. The maximum absolute atomic E-state index is 13.8. The summed E-state index contributed by atoms with van der Waals surface area (Å²) in [4.78, 5) is 40.8. The molecule has 7 heteroatoms. The highest BCUT2D eigenvalue weighted by Gasteiger charge is 2.36. The molecule has 1 saturated carbocycles. The Kier molecular flexibility index (Phi) is 7.65. The van der Waals surface area contributed by atoms with Gasteiger partial charge in [-0.05, 0) is 73.9 Å². The Balaban J connectivity index is 1.81. The number of hydrogen-bond acceptors (Lipinski definition) is 5. The van der Waals surface area contributed by atoms with Crippen LogP contribution in [0.4, 0.5) is 5.69 Å². The van der Waals surface area contributed by atoms with E-state index in [1.165, 1.54) is 18.1 Å². The third kappa shape index (κ3) is 5.62. The summed E-state index contributed by atoms with van der Waals surface area (Å²) < 4.78 is 10.8. The lowest BCUT2D eigenvalue weighted by molar-refractivity contribution is -0.123. The van der Waals surface area contributed by atoms with Gasteiger partial charge in [-0.1, -0.05) is 31.4 Å². The summed E-state index contributed by atoms with van der Waals surface area (Å²) >= 11 is 0. The van der Waals surface area contributed by atoms with E-state index in [4.69, 9.17) is 9.15 Å². The summed E-state index contributed by atoms with van der Waals surface area (Å²) in [6.45, 7) is 1.48. The van der Waals surface area contributed by atoms with Crippen LogP contribution < -0.4 is 15.0 Å². The van der Waals surface area contributed by atoms with Crippen LogP contribution in [-0.2, 0) is 4.79 Å². The highest BCUT2D eigenvalue weighted by molar-refractivity contribution is 6.09. The molecule has 4 rings (SSSR count). The molecule has 7 nitrogen and oxygen atoms in total. The minimum atomic E-state index is -0.979. The number of furan rings is 1. The second-order valence-electron chi connectivity index (χ2n) is 8.78. The summed E-state index contributed by atoms with van der Waals surface area (Å²) in [6, 6.07) is 16.1. The highest BCUT2D eigenvalue weighted by Crippen LogP contribution is 2.32. The normalized spacial score (nSPS) is 14.7. The predicted octanol–water partition coefficient (Wildman–Crippen LogP) is 5.33. The Hall–Kier alpha value is -3.87. The number of nitrogens with one attached hydrogen (secondary N) is 1. The first-order valence-electron chi connectivity index (χ1n) is 11.9. The Morgan fingerprint density at radius 3 is 2.37 bits per heavy atom. The second-order valence-corrected chi connectivity index (χ2v) is 8.78. The molecule has 35 heavy (non-hydrogen) atoms. The van der Waals surface area contributed by atoms with Gasteiger partial charge in [0.15, 0.2) is 11.5 Å². The van der Waals surface area contributed by atoms with Gasteiger partial charge in [0.2, 0.25) is 5.91 Å². The fourth-order valence-electron chi connectivity index (χ4n) is 4.52. The molecule has 1 aromatic heterocycles. The van der Waals surface area contributed by atoms with Crippen LogP contribution in [-0.4, -0.2) is 30.7 Å². The van der Waals surface area contributed by atoms with Crippen molar-refractivity contribution in [2.24, 2.45) is 0 Å². The Bertz CT molecular complexity index is 1160. The van der Waals surface area contributed by atoms with Crippen LogP contribution in [0, 0.1) is 0 Å². The molecular weight excluding hydrogens is 444 g/mol. The third-order valence-corrected chi connectivity index (χ3v) is 6.37. The largest absolute Gasteiger partial charge is 0.497 e. The van der Waals surface area contributed by atoms with Gasteiger partial charge < -0.3 is 14.5 Å². The van der Waals surface area contributed by atoms with E-state index in [0.717, 1.165) is 32.1 Å². The molecule has 1 aliphatic carbocycles. The van der Waals surface area contributed by atoms with Crippen molar-refractivity contribution < 1.29 is 23.5 Å². The number of rotatable bonds is 8. The maximum Gasteiger partial charge on any atom is 0.294 e. The van der Waals surface area contributed by atoms with Crippen LogP contribution in [0.25, 0.3) is 0 Å². The predicted molar refractivity (Wildman–Crippen MR) is 133 cm³/mol. The molecule has 1 heterocycles. The van der Waals surface area contributed by atoms with E-state index in [-0.39, 0.29) is 23.5 Å². The molecule has 0 radical (unpaired) electrons. The van der Waals surface area contributed by atoms with Gasteiger partial charge in [-0.3, -0.25) is 19.3 Å². The van der Waals surface area contributed by atoms with E-state index in [1.807, 2.05) is 0 Å². The molecule has 3 aromatic rings. The lowest BCUT2D eigenvalue weighted by Gasteiger charge is -2.33. The summed E-state index contributed by atoms with van der Waals surface area (Å²) in [5, 5.41) is 3.18. The lowest BCUT2D eigenvalue weighted by Crippen LogP contribution is -2.47. The standard InChI is InChI=1S/C28H30N2O5/c1-19(31)20-13-15-23(16-14-20)30(28(33)25-12-7-17-35-25)26(21-8-6-11-24(18-21)34-2)27(32)29-22-9-4-3-5-10-22/h6-8,11-18,22,26H,3-5,9-10H2,1-2H3,(H,29,32)/t26-/m0/s1. The van der Waals surface area contributed by atoms with Crippen LogP contribution >= 0.6 is 0 Å². The van der Waals surface area contributed by atoms with Crippen LogP contribution in [0.5, 0.6) is 5.75 Å². The monoisotopic (exact) mass is 474 g/mol. The van der Waals surface area contributed by atoms with E-state index in [1.54, 1.807) is 67.8 Å². The van der Waals surface area contributed by atoms with Crippen molar-refractivity contribution in [1.29, 1.82) is 0 Å². The molecule has 0 bridgehead atoms. The van der Waals surface area contributed by atoms with Crippen molar-refractivity contribution in [3.63, 3.8) is 0 Å². The lowest BCUT2D eigenvalue weighted by atomic mass is 9.94. The molecule has 0 saturated heterocycles. The fraction of sp³-hybridized carbons (Fsp3) is 0.321. The number of ether oxygens (including phenoxy) is 1. The van der Waals surface area contributed by atoms with Gasteiger partial charge in [-0.25, -0.2) is 0 Å². The number of hydrogen-bond donors (Lipinski definition) is 1. The molecule has 182 valence electrons. The Morgan fingerprint density at radius 2 is 1.74 bits per heavy atom. The summed E-state index contributed by atoms with van der Waals surface area (Å²) in [5.41, 5.74) is 1.60. The molecule has 0 unspecified atom stereocenters. The summed E-state index contributed by atoms with van der Waals surface area (Å²) in [6.07, 6.45) is 6.54. The highest BCUT2D eigenvalue weighted by atomic mass is 16.5. The fourth-order valence-corrected chi connectivity index (χ4v) is 4.52. The van der Waals surface area contributed by atoms with Crippen molar-refractivity contribution in [3.05, 3.63) is 83.8 Å². The van der Waals surface area contributed by atoms with Crippen LogP contribution in [0.2, 0.25) is 0 Å². The number of ketones is 1. The minimum Gasteiger partial charge on any atom is -0.497 e. The van der Waals surface area contributed by atoms with Crippen molar-refractivity contribution in [2.75, 3.05) is 12.0 Å². The van der Waals surface area contributed by atoms with Crippen molar-refractivity contribution in [1.82, 2.24) is 5.32 Å². The zero-order valence-electron chi connectivity index (χ0n) is 20.0. The minimum absolute atomic E-state index is 0.0602. The molecular formula is C28H30N2O5. The average molecular weight is 475 g/mol. The van der Waals surface area contributed by atoms with Crippen molar-refractivity contribution in [2.45, 2.75) is 51.1 Å². The summed E-state index contributed by atoms with van der Waals surface area (Å²) in [7, 11) is 1.56.